The topological polar surface area (TPSA) is 49.4 Å². The van der Waals surface area contributed by atoms with Crippen molar-refractivity contribution in [3.05, 3.63) is 0 Å². The highest BCUT2D eigenvalue weighted by Crippen LogP contribution is 2.23. The van der Waals surface area contributed by atoms with Gasteiger partial charge in [0.2, 0.25) is 11.8 Å². The van der Waals surface area contributed by atoms with Crippen LogP contribution < -0.4 is 5.32 Å². The lowest BCUT2D eigenvalue weighted by Gasteiger charge is -2.37. The van der Waals surface area contributed by atoms with Crippen molar-refractivity contribution in [3.8, 4) is 0 Å². The van der Waals surface area contributed by atoms with Crippen LogP contribution in [0.3, 0.4) is 0 Å². The van der Waals surface area contributed by atoms with Gasteiger partial charge in [-0.2, -0.15) is 0 Å². The van der Waals surface area contributed by atoms with E-state index in [0.29, 0.717) is 24.3 Å². The van der Waals surface area contributed by atoms with Crippen LogP contribution in [0.4, 0.5) is 0 Å². The molecule has 1 heterocycles. The highest BCUT2D eigenvalue weighted by molar-refractivity contribution is 5.94. The van der Waals surface area contributed by atoms with Gasteiger partial charge in [0, 0.05) is 6.54 Å². The van der Waals surface area contributed by atoms with Gasteiger partial charge >= 0.3 is 0 Å². The molecule has 0 aromatic heterocycles. The lowest BCUT2D eigenvalue weighted by atomic mass is 9.84. The first-order valence-electron chi connectivity index (χ1n) is 6.41. The summed E-state index contributed by atoms with van der Waals surface area (Å²) in [6, 6.07) is -0.337. The van der Waals surface area contributed by atoms with Crippen molar-refractivity contribution in [1.29, 1.82) is 0 Å². The van der Waals surface area contributed by atoms with Gasteiger partial charge in [-0.3, -0.25) is 9.59 Å². The van der Waals surface area contributed by atoms with E-state index in [0.717, 1.165) is 0 Å². The Kier molecular flexibility index (Phi) is 4.54. The van der Waals surface area contributed by atoms with Gasteiger partial charge in [-0.15, -0.1) is 0 Å². The molecule has 0 saturated carbocycles. The van der Waals surface area contributed by atoms with Gasteiger partial charge in [0.1, 0.15) is 6.04 Å². The average Bonchev–Trinajstić information content (AvgIpc) is 2.23. The Balaban J connectivity index is 2.76. The Hall–Kier alpha value is -1.06. The molecule has 0 aromatic rings. The van der Waals surface area contributed by atoms with E-state index >= 15 is 0 Å². The summed E-state index contributed by atoms with van der Waals surface area (Å²) in [6.07, 6.45) is 0. The maximum atomic E-state index is 11.8. The minimum atomic E-state index is -0.337. The van der Waals surface area contributed by atoms with Crippen molar-refractivity contribution < 1.29 is 9.59 Å². The molecule has 1 unspecified atom stereocenters. The largest absolute Gasteiger partial charge is 0.345 e. The zero-order chi connectivity index (χ0) is 13.2. The molecule has 17 heavy (non-hydrogen) atoms. The van der Waals surface area contributed by atoms with Gasteiger partial charge in [-0.25, -0.2) is 0 Å². The van der Waals surface area contributed by atoms with Crippen LogP contribution in [0, 0.1) is 17.8 Å². The van der Waals surface area contributed by atoms with Crippen molar-refractivity contribution in [2.45, 2.75) is 40.7 Å². The molecule has 0 radical (unpaired) electrons. The predicted molar refractivity (Wildman–Crippen MR) is 67.4 cm³/mol. The van der Waals surface area contributed by atoms with Crippen LogP contribution >= 0.6 is 0 Å². The van der Waals surface area contributed by atoms with Gasteiger partial charge in [0.05, 0.1) is 6.54 Å². The minimum Gasteiger partial charge on any atom is -0.345 e. The number of hydrogen-bond donors (Lipinski definition) is 1. The van der Waals surface area contributed by atoms with Gasteiger partial charge in [0.15, 0.2) is 0 Å². The summed E-state index contributed by atoms with van der Waals surface area (Å²) >= 11 is 0. The highest BCUT2D eigenvalue weighted by atomic mass is 16.2. The van der Waals surface area contributed by atoms with E-state index in [2.05, 4.69) is 33.0 Å². The van der Waals surface area contributed by atoms with E-state index in [-0.39, 0.29) is 24.4 Å². The molecule has 0 aliphatic carbocycles. The number of carbonyl (C=O) groups is 2. The third-order valence-corrected chi connectivity index (χ3v) is 3.70. The van der Waals surface area contributed by atoms with Crippen LogP contribution in [-0.4, -0.2) is 35.8 Å². The molecule has 1 saturated heterocycles. The zero-order valence-electron chi connectivity index (χ0n) is 11.5. The summed E-state index contributed by atoms with van der Waals surface area (Å²) in [4.78, 5) is 25.1. The first-order chi connectivity index (χ1) is 7.84. The predicted octanol–water partition coefficient (Wildman–Crippen LogP) is 1.26. The number of hydrogen-bond acceptors (Lipinski definition) is 2. The molecule has 98 valence electrons. The smallest absolute Gasteiger partial charge is 0.242 e. The normalized spacial score (nSPS) is 21.6. The highest BCUT2D eigenvalue weighted by Gasteiger charge is 2.33. The molecule has 1 aliphatic heterocycles. The Labute approximate surface area is 104 Å². The van der Waals surface area contributed by atoms with Gasteiger partial charge in [-0.1, -0.05) is 27.7 Å². The fourth-order valence-corrected chi connectivity index (χ4v) is 2.45. The summed E-state index contributed by atoms with van der Waals surface area (Å²) in [5.74, 6) is 1.45. The van der Waals surface area contributed by atoms with Crippen molar-refractivity contribution in [3.63, 3.8) is 0 Å². The van der Waals surface area contributed by atoms with Crippen LogP contribution in [0.5, 0.6) is 0 Å². The molecule has 1 atom stereocenters. The molecule has 4 heteroatoms. The minimum absolute atomic E-state index is 0.0309. The van der Waals surface area contributed by atoms with Gasteiger partial charge in [-0.05, 0) is 24.7 Å². The molecule has 0 spiro atoms. The Morgan fingerprint density at radius 1 is 1.24 bits per heavy atom. The van der Waals surface area contributed by atoms with E-state index < -0.39 is 0 Å². The molecule has 4 nitrogen and oxygen atoms in total. The Bertz CT molecular complexity index is 292. The average molecular weight is 240 g/mol. The molecule has 1 N–H and O–H groups in total. The first kappa shape index (κ1) is 14.0. The second-order valence-corrected chi connectivity index (χ2v) is 5.59. The van der Waals surface area contributed by atoms with Crippen LogP contribution in [0.2, 0.25) is 0 Å². The maximum absolute atomic E-state index is 11.8. The van der Waals surface area contributed by atoms with Crippen LogP contribution in [0.15, 0.2) is 0 Å². The molecular weight excluding hydrogens is 216 g/mol. The SMILES string of the molecule is CC(C)C(CN1C(=O)CNC(=O)C1C)C(C)C. The second kappa shape index (κ2) is 5.52. The van der Waals surface area contributed by atoms with Crippen molar-refractivity contribution in [2.24, 2.45) is 17.8 Å². The Morgan fingerprint density at radius 2 is 1.76 bits per heavy atom. The number of piperazine rings is 1. The molecule has 0 aromatic carbocycles. The summed E-state index contributed by atoms with van der Waals surface area (Å²) in [7, 11) is 0. The lowest BCUT2D eigenvalue weighted by molar-refractivity contribution is -0.146. The maximum Gasteiger partial charge on any atom is 0.242 e. The standard InChI is InChI=1S/C13H24N2O2/c1-8(2)11(9(3)4)7-15-10(5)13(17)14-6-12(15)16/h8-11H,6-7H2,1-5H3,(H,14,17). The quantitative estimate of drug-likeness (QED) is 0.804. The number of nitrogens with one attached hydrogen (secondary N) is 1. The molecule has 2 amide bonds. The molecular formula is C13H24N2O2. The lowest BCUT2D eigenvalue weighted by Crippen LogP contribution is -2.58. The van der Waals surface area contributed by atoms with Crippen molar-refractivity contribution in [1.82, 2.24) is 10.2 Å². The van der Waals surface area contributed by atoms with E-state index in [9.17, 15) is 9.59 Å². The third-order valence-electron chi connectivity index (χ3n) is 3.70. The molecule has 1 fully saturated rings. The first-order valence-corrected chi connectivity index (χ1v) is 6.41. The fraction of sp³-hybridized carbons (Fsp3) is 0.846. The Morgan fingerprint density at radius 3 is 2.24 bits per heavy atom. The summed E-state index contributed by atoms with van der Waals surface area (Å²) < 4.78 is 0. The third kappa shape index (κ3) is 3.20. The number of carbonyl (C=O) groups excluding carboxylic acids is 2. The summed E-state index contributed by atoms with van der Waals surface area (Å²) in [6.45, 7) is 11.3. The fourth-order valence-electron chi connectivity index (χ4n) is 2.45. The molecule has 1 aliphatic rings. The van der Waals surface area contributed by atoms with E-state index in [1.807, 2.05) is 0 Å². The van der Waals surface area contributed by atoms with E-state index in [1.54, 1.807) is 11.8 Å². The zero-order valence-corrected chi connectivity index (χ0v) is 11.5. The summed E-state index contributed by atoms with van der Waals surface area (Å²) in [5, 5.41) is 2.61. The van der Waals surface area contributed by atoms with Gasteiger partial charge < -0.3 is 10.2 Å². The van der Waals surface area contributed by atoms with E-state index in [4.69, 9.17) is 0 Å². The van der Waals surface area contributed by atoms with Crippen LogP contribution in [0.1, 0.15) is 34.6 Å². The summed E-state index contributed by atoms with van der Waals surface area (Å²) in [5.41, 5.74) is 0. The molecule has 1 rings (SSSR count). The molecule has 0 bridgehead atoms. The van der Waals surface area contributed by atoms with Gasteiger partial charge in [0.25, 0.3) is 0 Å². The monoisotopic (exact) mass is 240 g/mol. The number of rotatable bonds is 4. The van der Waals surface area contributed by atoms with Crippen LogP contribution in [-0.2, 0) is 9.59 Å². The second-order valence-electron chi connectivity index (χ2n) is 5.59. The van der Waals surface area contributed by atoms with E-state index in [1.165, 1.54) is 0 Å². The van der Waals surface area contributed by atoms with Crippen molar-refractivity contribution >= 4 is 11.8 Å². The van der Waals surface area contributed by atoms with Crippen LogP contribution in [0.25, 0.3) is 0 Å². The number of amides is 2. The van der Waals surface area contributed by atoms with Crippen molar-refractivity contribution in [2.75, 3.05) is 13.1 Å². The number of nitrogens with zero attached hydrogens (tertiary/aromatic N) is 1.